The molecule has 1 aromatic rings. The molecule has 1 fully saturated rings. The van der Waals surface area contributed by atoms with Crippen LogP contribution in [0, 0.1) is 0 Å². The average molecular weight is 292 g/mol. The number of rotatable bonds is 6. The fourth-order valence-corrected chi connectivity index (χ4v) is 2.86. The van der Waals surface area contributed by atoms with Gasteiger partial charge in [0.05, 0.1) is 6.10 Å². The summed E-state index contributed by atoms with van der Waals surface area (Å²) in [5, 5.41) is 0. The number of pyridine rings is 1. The number of aromatic nitrogens is 1. The molecule has 0 radical (unpaired) electrons. The fraction of sp³-hybridized carbons (Fsp3) is 0.688. The monoisotopic (exact) mass is 292 g/mol. The minimum absolute atomic E-state index is 0.355. The van der Waals surface area contributed by atoms with E-state index in [2.05, 4.69) is 40.9 Å². The van der Waals surface area contributed by atoms with Crippen LogP contribution in [0.3, 0.4) is 0 Å². The largest absolute Gasteiger partial charge is 0.381 e. The van der Waals surface area contributed by atoms with E-state index < -0.39 is 0 Å². The third kappa shape index (κ3) is 4.15. The lowest BCUT2D eigenvalue weighted by Gasteiger charge is -2.38. The summed E-state index contributed by atoms with van der Waals surface area (Å²) < 4.78 is 5.48. The van der Waals surface area contributed by atoms with Crippen LogP contribution in [0.15, 0.2) is 18.3 Å². The number of nitrogens with zero attached hydrogens (tertiary/aromatic N) is 3. The molecule has 1 aliphatic heterocycles. The van der Waals surface area contributed by atoms with E-state index in [0.29, 0.717) is 18.7 Å². The summed E-state index contributed by atoms with van der Waals surface area (Å²) in [6.07, 6.45) is 4.44. The summed E-state index contributed by atoms with van der Waals surface area (Å²) >= 11 is 0. The SMILES string of the molecule is CCN(C)c1ccc(CN2CCC(OC)CC2CN)cn1. The van der Waals surface area contributed by atoms with Crippen molar-refractivity contribution in [2.45, 2.75) is 38.5 Å². The standard InChI is InChI=1S/C16H28N4O/c1-4-19(2)16-6-5-13(11-18-16)12-20-8-7-15(21-3)9-14(20)10-17/h5-6,11,14-15H,4,7-10,12,17H2,1-3H3. The minimum Gasteiger partial charge on any atom is -0.381 e. The topological polar surface area (TPSA) is 54.6 Å². The molecule has 2 unspecified atom stereocenters. The van der Waals surface area contributed by atoms with Gasteiger partial charge in [0.25, 0.3) is 0 Å². The Morgan fingerprint density at radius 3 is 2.86 bits per heavy atom. The molecular weight excluding hydrogens is 264 g/mol. The number of ether oxygens (including phenoxy) is 1. The van der Waals surface area contributed by atoms with Crippen molar-refractivity contribution >= 4 is 5.82 Å². The van der Waals surface area contributed by atoms with E-state index in [9.17, 15) is 0 Å². The van der Waals surface area contributed by atoms with Crippen LogP contribution in [0.25, 0.3) is 0 Å². The van der Waals surface area contributed by atoms with Crippen LogP contribution in [-0.2, 0) is 11.3 Å². The molecule has 2 rings (SSSR count). The molecule has 0 spiro atoms. The second-order valence-corrected chi connectivity index (χ2v) is 5.78. The zero-order valence-corrected chi connectivity index (χ0v) is 13.5. The molecule has 0 saturated carbocycles. The van der Waals surface area contributed by atoms with Crippen molar-refractivity contribution in [3.8, 4) is 0 Å². The first-order valence-electron chi connectivity index (χ1n) is 7.80. The highest BCUT2D eigenvalue weighted by Crippen LogP contribution is 2.21. The first kappa shape index (κ1) is 16.2. The van der Waals surface area contributed by atoms with Crippen molar-refractivity contribution in [1.29, 1.82) is 0 Å². The van der Waals surface area contributed by atoms with Crippen molar-refractivity contribution in [2.24, 2.45) is 5.73 Å². The number of piperidine rings is 1. The van der Waals surface area contributed by atoms with Crippen molar-refractivity contribution in [1.82, 2.24) is 9.88 Å². The molecule has 1 saturated heterocycles. The zero-order chi connectivity index (χ0) is 15.2. The van der Waals surface area contributed by atoms with E-state index >= 15 is 0 Å². The summed E-state index contributed by atoms with van der Waals surface area (Å²) in [7, 11) is 3.85. The fourth-order valence-electron chi connectivity index (χ4n) is 2.86. The summed E-state index contributed by atoms with van der Waals surface area (Å²) in [4.78, 5) is 9.13. The smallest absolute Gasteiger partial charge is 0.128 e. The molecule has 1 aliphatic rings. The van der Waals surface area contributed by atoms with Crippen LogP contribution in [0.1, 0.15) is 25.3 Å². The molecule has 1 aromatic heterocycles. The normalized spacial score (nSPS) is 23.2. The van der Waals surface area contributed by atoms with Crippen LogP contribution in [0.5, 0.6) is 0 Å². The molecule has 5 heteroatoms. The van der Waals surface area contributed by atoms with E-state index in [1.807, 2.05) is 6.20 Å². The third-order valence-corrected chi connectivity index (χ3v) is 4.46. The summed E-state index contributed by atoms with van der Waals surface area (Å²) in [6, 6.07) is 4.67. The van der Waals surface area contributed by atoms with Gasteiger partial charge in [-0.3, -0.25) is 4.90 Å². The van der Waals surface area contributed by atoms with E-state index in [4.69, 9.17) is 10.5 Å². The second-order valence-electron chi connectivity index (χ2n) is 5.78. The number of hydrogen-bond acceptors (Lipinski definition) is 5. The first-order valence-corrected chi connectivity index (χ1v) is 7.80. The zero-order valence-electron chi connectivity index (χ0n) is 13.5. The Balaban J connectivity index is 1.97. The molecule has 21 heavy (non-hydrogen) atoms. The lowest BCUT2D eigenvalue weighted by molar-refractivity contribution is 0.0102. The van der Waals surface area contributed by atoms with Gasteiger partial charge in [-0.25, -0.2) is 4.98 Å². The molecule has 0 aliphatic carbocycles. The van der Waals surface area contributed by atoms with Gasteiger partial charge in [0.2, 0.25) is 0 Å². The van der Waals surface area contributed by atoms with Crippen molar-refractivity contribution in [2.75, 3.05) is 38.7 Å². The van der Waals surface area contributed by atoms with E-state index in [1.165, 1.54) is 5.56 Å². The quantitative estimate of drug-likeness (QED) is 0.860. The minimum atomic E-state index is 0.355. The van der Waals surface area contributed by atoms with Gasteiger partial charge in [-0.1, -0.05) is 6.07 Å². The maximum atomic E-state index is 5.93. The van der Waals surface area contributed by atoms with Gasteiger partial charge >= 0.3 is 0 Å². The molecule has 2 N–H and O–H groups in total. The number of methoxy groups -OCH3 is 1. The summed E-state index contributed by atoms with van der Waals surface area (Å²) in [5.74, 6) is 1.02. The van der Waals surface area contributed by atoms with E-state index in [0.717, 1.165) is 38.3 Å². The Bertz CT molecular complexity index is 423. The molecule has 5 nitrogen and oxygen atoms in total. The molecule has 118 valence electrons. The van der Waals surface area contributed by atoms with Gasteiger partial charge in [-0.15, -0.1) is 0 Å². The Hall–Kier alpha value is -1.17. The van der Waals surface area contributed by atoms with Crippen LogP contribution < -0.4 is 10.6 Å². The Morgan fingerprint density at radius 2 is 2.29 bits per heavy atom. The van der Waals surface area contributed by atoms with Gasteiger partial charge in [0.1, 0.15) is 5.82 Å². The van der Waals surface area contributed by atoms with Gasteiger partial charge in [-0.05, 0) is 31.4 Å². The molecule has 0 aromatic carbocycles. The highest BCUT2D eigenvalue weighted by atomic mass is 16.5. The first-order chi connectivity index (χ1) is 10.2. The lowest BCUT2D eigenvalue weighted by atomic mass is 9.98. The number of likely N-dealkylation sites (tertiary alicyclic amines) is 1. The molecular formula is C16H28N4O. The van der Waals surface area contributed by atoms with Crippen LogP contribution in [-0.4, -0.2) is 55.8 Å². The van der Waals surface area contributed by atoms with E-state index in [1.54, 1.807) is 7.11 Å². The van der Waals surface area contributed by atoms with Gasteiger partial charge in [0.15, 0.2) is 0 Å². The molecule has 0 bridgehead atoms. The predicted molar refractivity (Wildman–Crippen MR) is 86.5 cm³/mol. The van der Waals surface area contributed by atoms with Crippen LogP contribution in [0.2, 0.25) is 0 Å². The molecule has 0 amide bonds. The second kappa shape index (κ2) is 7.73. The number of nitrogens with two attached hydrogens (primary N) is 1. The summed E-state index contributed by atoms with van der Waals surface area (Å²) in [6.45, 7) is 5.73. The Kier molecular flexibility index (Phi) is 5.96. The number of anilines is 1. The van der Waals surface area contributed by atoms with Gasteiger partial charge in [-0.2, -0.15) is 0 Å². The lowest BCUT2D eigenvalue weighted by Crippen LogP contribution is -2.47. The Morgan fingerprint density at radius 1 is 1.48 bits per heavy atom. The van der Waals surface area contributed by atoms with Crippen LogP contribution >= 0.6 is 0 Å². The molecule has 2 heterocycles. The van der Waals surface area contributed by atoms with Gasteiger partial charge in [0, 0.05) is 52.6 Å². The highest BCUT2D eigenvalue weighted by molar-refractivity contribution is 5.37. The van der Waals surface area contributed by atoms with Crippen molar-refractivity contribution in [3.05, 3.63) is 23.9 Å². The Labute approximate surface area is 128 Å². The van der Waals surface area contributed by atoms with Crippen LogP contribution in [0.4, 0.5) is 5.82 Å². The van der Waals surface area contributed by atoms with Gasteiger partial charge < -0.3 is 15.4 Å². The predicted octanol–water partition coefficient (Wildman–Crippen LogP) is 1.48. The average Bonchev–Trinajstić information content (AvgIpc) is 2.55. The maximum Gasteiger partial charge on any atom is 0.128 e. The van der Waals surface area contributed by atoms with Crippen molar-refractivity contribution < 1.29 is 4.74 Å². The van der Waals surface area contributed by atoms with Crippen molar-refractivity contribution in [3.63, 3.8) is 0 Å². The highest BCUT2D eigenvalue weighted by Gasteiger charge is 2.27. The molecule has 2 atom stereocenters. The third-order valence-electron chi connectivity index (χ3n) is 4.46. The summed E-state index contributed by atoms with van der Waals surface area (Å²) in [5.41, 5.74) is 7.17. The maximum absolute atomic E-state index is 5.93. The van der Waals surface area contributed by atoms with E-state index in [-0.39, 0.29) is 0 Å². The number of hydrogen-bond donors (Lipinski definition) is 1.